The smallest absolute Gasteiger partial charge is 0.201 e. The number of imidazole rings is 1. The SMILES string of the molecule is COCC(Cl)CCNc1nc2ccccc2[nH]1. The number of fused-ring (bicyclic) bond motifs is 1. The summed E-state index contributed by atoms with van der Waals surface area (Å²) in [6.45, 7) is 1.35. The van der Waals surface area contributed by atoms with Crippen molar-refractivity contribution in [3.63, 3.8) is 0 Å². The number of para-hydroxylation sites is 2. The molecule has 17 heavy (non-hydrogen) atoms. The highest BCUT2D eigenvalue weighted by Gasteiger charge is 2.05. The van der Waals surface area contributed by atoms with E-state index in [9.17, 15) is 0 Å². The van der Waals surface area contributed by atoms with Gasteiger partial charge >= 0.3 is 0 Å². The highest BCUT2D eigenvalue weighted by molar-refractivity contribution is 6.20. The molecule has 92 valence electrons. The van der Waals surface area contributed by atoms with Crippen molar-refractivity contribution in [3.05, 3.63) is 24.3 Å². The molecule has 0 aliphatic rings. The quantitative estimate of drug-likeness (QED) is 0.778. The molecule has 2 rings (SSSR count). The van der Waals surface area contributed by atoms with E-state index in [0.29, 0.717) is 6.61 Å². The highest BCUT2D eigenvalue weighted by atomic mass is 35.5. The second-order valence-electron chi connectivity index (χ2n) is 3.87. The van der Waals surface area contributed by atoms with Gasteiger partial charge in [0.15, 0.2) is 0 Å². The summed E-state index contributed by atoms with van der Waals surface area (Å²) in [6, 6.07) is 7.94. The molecule has 4 nitrogen and oxygen atoms in total. The van der Waals surface area contributed by atoms with E-state index in [0.717, 1.165) is 29.9 Å². The number of benzene rings is 1. The lowest BCUT2D eigenvalue weighted by Crippen LogP contribution is -2.13. The lowest BCUT2D eigenvalue weighted by atomic mass is 10.3. The molecule has 0 spiro atoms. The van der Waals surface area contributed by atoms with Crippen molar-refractivity contribution in [2.45, 2.75) is 11.8 Å². The van der Waals surface area contributed by atoms with Crippen LogP contribution in [-0.2, 0) is 4.74 Å². The standard InChI is InChI=1S/C12H16ClN3O/c1-17-8-9(13)6-7-14-12-15-10-4-2-3-5-11(10)16-12/h2-5,9H,6-8H2,1H3,(H2,14,15,16). The summed E-state index contributed by atoms with van der Waals surface area (Å²) in [5.41, 5.74) is 2.00. The predicted octanol–water partition coefficient (Wildman–Crippen LogP) is 2.62. The predicted molar refractivity (Wildman–Crippen MR) is 70.7 cm³/mol. The molecule has 0 bridgehead atoms. The van der Waals surface area contributed by atoms with E-state index < -0.39 is 0 Å². The van der Waals surface area contributed by atoms with Gasteiger partial charge in [0.2, 0.25) is 5.95 Å². The number of H-pyrrole nitrogens is 1. The van der Waals surface area contributed by atoms with Gasteiger partial charge in [-0.3, -0.25) is 0 Å². The van der Waals surface area contributed by atoms with E-state index in [1.807, 2.05) is 24.3 Å². The van der Waals surface area contributed by atoms with Crippen LogP contribution in [0.1, 0.15) is 6.42 Å². The van der Waals surface area contributed by atoms with Crippen LogP contribution in [0.3, 0.4) is 0 Å². The normalized spacial score (nSPS) is 12.8. The van der Waals surface area contributed by atoms with Gasteiger partial charge in [0.1, 0.15) is 0 Å². The zero-order valence-corrected chi connectivity index (χ0v) is 10.5. The Morgan fingerprint density at radius 2 is 2.29 bits per heavy atom. The largest absolute Gasteiger partial charge is 0.383 e. The number of anilines is 1. The third-order valence-electron chi connectivity index (χ3n) is 2.49. The van der Waals surface area contributed by atoms with Crippen LogP contribution in [0.4, 0.5) is 5.95 Å². The molecule has 1 aromatic heterocycles. The van der Waals surface area contributed by atoms with E-state index in [2.05, 4.69) is 15.3 Å². The van der Waals surface area contributed by atoms with Gasteiger partial charge in [-0.05, 0) is 18.6 Å². The molecule has 1 atom stereocenters. The van der Waals surface area contributed by atoms with Gasteiger partial charge in [0.25, 0.3) is 0 Å². The fourth-order valence-electron chi connectivity index (χ4n) is 1.65. The number of hydrogen-bond donors (Lipinski definition) is 2. The van der Waals surface area contributed by atoms with E-state index >= 15 is 0 Å². The first-order valence-corrected chi connectivity index (χ1v) is 6.05. The number of aromatic amines is 1. The minimum Gasteiger partial charge on any atom is -0.383 e. The first-order valence-electron chi connectivity index (χ1n) is 5.61. The van der Waals surface area contributed by atoms with E-state index in [4.69, 9.17) is 16.3 Å². The highest BCUT2D eigenvalue weighted by Crippen LogP contribution is 2.13. The Hall–Kier alpha value is -1.26. The number of methoxy groups -OCH3 is 1. The first-order chi connectivity index (χ1) is 8.29. The summed E-state index contributed by atoms with van der Waals surface area (Å²) in [5, 5.41) is 3.26. The molecule has 2 aromatic rings. The van der Waals surface area contributed by atoms with Crippen LogP contribution < -0.4 is 5.32 Å². The second-order valence-corrected chi connectivity index (χ2v) is 4.49. The zero-order chi connectivity index (χ0) is 12.1. The fourth-order valence-corrected chi connectivity index (χ4v) is 1.88. The van der Waals surface area contributed by atoms with Crippen LogP contribution in [0.2, 0.25) is 0 Å². The van der Waals surface area contributed by atoms with Crippen LogP contribution in [0.25, 0.3) is 11.0 Å². The Balaban J connectivity index is 1.86. The van der Waals surface area contributed by atoms with Crippen LogP contribution in [0.15, 0.2) is 24.3 Å². The molecular weight excluding hydrogens is 238 g/mol. The molecule has 1 heterocycles. The summed E-state index contributed by atoms with van der Waals surface area (Å²) in [5.74, 6) is 0.785. The van der Waals surface area contributed by atoms with Gasteiger partial charge in [-0.25, -0.2) is 4.98 Å². The molecule has 0 aliphatic carbocycles. The summed E-state index contributed by atoms with van der Waals surface area (Å²) in [4.78, 5) is 7.62. The third-order valence-corrected chi connectivity index (χ3v) is 2.83. The number of nitrogens with one attached hydrogen (secondary N) is 2. The van der Waals surface area contributed by atoms with E-state index in [1.54, 1.807) is 7.11 Å². The minimum absolute atomic E-state index is 0.0388. The van der Waals surface area contributed by atoms with Crippen LogP contribution in [0, 0.1) is 0 Å². The Kier molecular flexibility index (Phi) is 4.23. The topological polar surface area (TPSA) is 49.9 Å². The molecule has 0 fully saturated rings. The molecular formula is C12H16ClN3O. The van der Waals surface area contributed by atoms with Gasteiger partial charge < -0.3 is 15.0 Å². The molecule has 1 aromatic carbocycles. The molecule has 0 amide bonds. The molecule has 1 unspecified atom stereocenters. The van der Waals surface area contributed by atoms with E-state index in [-0.39, 0.29) is 5.38 Å². The summed E-state index contributed by atoms with van der Waals surface area (Å²) >= 11 is 6.03. The van der Waals surface area contributed by atoms with Crippen molar-refractivity contribution < 1.29 is 4.74 Å². The monoisotopic (exact) mass is 253 g/mol. The fraction of sp³-hybridized carbons (Fsp3) is 0.417. The lowest BCUT2D eigenvalue weighted by Gasteiger charge is -2.07. The Labute approximate surface area is 105 Å². The molecule has 0 saturated carbocycles. The zero-order valence-electron chi connectivity index (χ0n) is 9.74. The summed E-state index contributed by atoms with van der Waals surface area (Å²) < 4.78 is 4.97. The van der Waals surface area contributed by atoms with Crippen molar-refractivity contribution in [2.75, 3.05) is 25.6 Å². The van der Waals surface area contributed by atoms with Crippen molar-refractivity contribution >= 4 is 28.6 Å². The maximum atomic E-state index is 6.03. The molecule has 0 radical (unpaired) electrons. The molecule has 0 aliphatic heterocycles. The Morgan fingerprint density at radius 3 is 3.06 bits per heavy atom. The lowest BCUT2D eigenvalue weighted by molar-refractivity contribution is 0.196. The van der Waals surface area contributed by atoms with Crippen LogP contribution in [0.5, 0.6) is 0 Å². The number of alkyl halides is 1. The summed E-state index contributed by atoms with van der Waals surface area (Å²) in [7, 11) is 1.65. The average Bonchev–Trinajstić information content (AvgIpc) is 2.71. The number of rotatable bonds is 6. The maximum Gasteiger partial charge on any atom is 0.201 e. The number of hydrogen-bond acceptors (Lipinski definition) is 3. The Bertz CT molecular complexity index is 438. The number of aromatic nitrogens is 2. The Morgan fingerprint density at radius 1 is 1.47 bits per heavy atom. The minimum atomic E-state index is 0.0388. The van der Waals surface area contributed by atoms with Crippen molar-refractivity contribution in [1.29, 1.82) is 0 Å². The van der Waals surface area contributed by atoms with Crippen molar-refractivity contribution in [2.24, 2.45) is 0 Å². The third kappa shape index (κ3) is 3.35. The van der Waals surface area contributed by atoms with E-state index in [1.165, 1.54) is 0 Å². The van der Waals surface area contributed by atoms with Gasteiger partial charge in [-0.15, -0.1) is 11.6 Å². The summed E-state index contributed by atoms with van der Waals surface area (Å²) in [6.07, 6.45) is 0.840. The number of ether oxygens (including phenoxy) is 1. The second kappa shape index (κ2) is 5.89. The van der Waals surface area contributed by atoms with Crippen molar-refractivity contribution in [3.8, 4) is 0 Å². The van der Waals surface area contributed by atoms with Gasteiger partial charge in [0, 0.05) is 13.7 Å². The van der Waals surface area contributed by atoms with Gasteiger partial charge in [-0.1, -0.05) is 12.1 Å². The number of nitrogens with zero attached hydrogens (tertiary/aromatic N) is 1. The maximum absolute atomic E-state index is 6.03. The number of halogens is 1. The molecule has 5 heteroatoms. The van der Waals surface area contributed by atoms with Crippen LogP contribution >= 0.6 is 11.6 Å². The van der Waals surface area contributed by atoms with Gasteiger partial charge in [0.05, 0.1) is 23.0 Å². The van der Waals surface area contributed by atoms with Crippen LogP contribution in [-0.4, -0.2) is 35.6 Å². The van der Waals surface area contributed by atoms with Crippen molar-refractivity contribution in [1.82, 2.24) is 9.97 Å². The van der Waals surface area contributed by atoms with Gasteiger partial charge in [-0.2, -0.15) is 0 Å². The first kappa shape index (κ1) is 12.2. The average molecular weight is 254 g/mol. The molecule has 0 saturated heterocycles. The molecule has 2 N–H and O–H groups in total.